The number of hydrazine groups is 1. The zero-order valence-electron chi connectivity index (χ0n) is 20.3. The van der Waals surface area contributed by atoms with Crippen LogP contribution in [0.3, 0.4) is 0 Å². The monoisotopic (exact) mass is 498 g/mol. The molecule has 1 fully saturated rings. The molecule has 0 saturated carbocycles. The fourth-order valence-corrected chi connectivity index (χ4v) is 4.89. The molecule has 1 unspecified atom stereocenters. The lowest BCUT2D eigenvalue weighted by Crippen LogP contribution is -2.26. The number of methoxy groups -OCH3 is 1. The van der Waals surface area contributed by atoms with E-state index in [1.807, 2.05) is 61.5 Å². The van der Waals surface area contributed by atoms with Crippen molar-refractivity contribution in [2.75, 3.05) is 7.11 Å². The summed E-state index contributed by atoms with van der Waals surface area (Å²) in [6.45, 7) is 4.10. The number of esters is 1. The maximum absolute atomic E-state index is 12.6. The molecule has 0 aliphatic carbocycles. The van der Waals surface area contributed by atoms with Crippen LogP contribution in [-0.4, -0.2) is 33.4 Å². The molecule has 7 nitrogen and oxygen atoms in total. The number of thiocarbonyl (C=S) groups is 1. The number of hydrogen-bond donors (Lipinski definition) is 2. The molecule has 0 bridgehead atoms. The van der Waals surface area contributed by atoms with Crippen molar-refractivity contribution in [1.29, 1.82) is 0 Å². The summed E-state index contributed by atoms with van der Waals surface area (Å²) in [6, 6.07) is 19.0. The van der Waals surface area contributed by atoms with Crippen LogP contribution < -0.4 is 10.9 Å². The molecule has 1 aromatic heterocycles. The van der Waals surface area contributed by atoms with Gasteiger partial charge in [0.15, 0.2) is 4.99 Å². The number of carbonyl (C=O) groups is 2. The van der Waals surface area contributed by atoms with Crippen LogP contribution >= 0.6 is 12.2 Å². The van der Waals surface area contributed by atoms with Crippen molar-refractivity contribution in [1.82, 2.24) is 20.4 Å². The van der Waals surface area contributed by atoms with Gasteiger partial charge in [0.25, 0.3) is 0 Å². The second-order valence-electron chi connectivity index (χ2n) is 8.76. The van der Waals surface area contributed by atoms with E-state index in [0.29, 0.717) is 5.56 Å². The van der Waals surface area contributed by atoms with Crippen molar-refractivity contribution in [3.05, 3.63) is 83.2 Å². The summed E-state index contributed by atoms with van der Waals surface area (Å²) in [5.74, 6) is 0.351. The topological polar surface area (TPSA) is 85.2 Å². The molecular formula is C28H26N4O3S. The van der Waals surface area contributed by atoms with E-state index in [1.165, 1.54) is 7.11 Å². The van der Waals surface area contributed by atoms with Gasteiger partial charge in [0.05, 0.1) is 23.7 Å². The molecule has 5 rings (SSSR count). The lowest BCUT2D eigenvalue weighted by atomic mass is 9.93. The number of benzene rings is 3. The third kappa shape index (κ3) is 3.98. The van der Waals surface area contributed by atoms with Crippen molar-refractivity contribution in [3.63, 3.8) is 0 Å². The second kappa shape index (κ2) is 9.64. The third-order valence-electron chi connectivity index (χ3n) is 6.48. The molecule has 4 aromatic rings. The number of rotatable bonds is 6. The largest absolute Gasteiger partial charge is 0.465 e. The number of ether oxygens (including phenoxy) is 1. The maximum Gasteiger partial charge on any atom is 0.340 e. The molecule has 2 heterocycles. The number of fused-ring (bicyclic) bond motifs is 1. The van der Waals surface area contributed by atoms with Crippen molar-refractivity contribution < 1.29 is 14.3 Å². The Balaban J connectivity index is 1.63. The van der Waals surface area contributed by atoms with E-state index in [0.717, 1.165) is 57.6 Å². The lowest BCUT2D eigenvalue weighted by molar-refractivity contribution is -0.113. The van der Waals surface area contributed by atoms with Gasteiger partial charge in [-0.05, 0) is 53.8 Å². The number of carbonyl (C=O) groups excluding carboxylic acids is 2. The molecule has 3 aromatic carbocycles. The van der Waals surface area contributed by atoms with Crippen LogP contribution in [0.2, 0.25) is 0 Å². The molecule has 36 heavy (non-hydrogen) atoms. The van der Waals surface area contributed by atoms with Crippen LogP contribution in [0, 0.1) is 6.92 Å². The minimum atomic E-state index is -0.535. The van der Waals surface area contributed by atoms with Crippen LogP contribution in [-0.2, 0) is 16.0 Å². The Morgan fingerprint density at radius 2 is 1.86 bits per heavy atom. The van der Waals surface area contributed by atoms with Crippen LogP contribution in [0.1, 0.15) is 46.7 Å². The molecule has 1 aliphatic rings. The van der Waals surface area contributed by atoms with Crippen molar-refractivity contribution in [2.24, 2.45) is 0 Å². The van der Waals surface area contributed by atoms with Crippen molar-refractivity contribution in [3.8, 4) is 16.8 Å². The number of aryl methyl sites for hydroxylation is 2. The average molecular weight is 499 g/mol. The van der Waals surface area contributed by atoms with Crippen molar-refractivity contribution >= 4 is 40.0 Å². The van der Waals surface area contributed by atoms with Gasteiger partial charge in [-0.25, -0.2) is 15.2 Å². The highest BCUT2D eigenvalue weighted by molar-refractivity contribution is 7.82. The molecule has 1 saturated heterocycles. The van der Waals surface area contributed by atoms with E-state index in [-0.39, 0.29) is 10.8 Å². The number of ketones is 1. The van der Waals surface area contributed by atoms with E-state index in [9.17, 15) is 9.59 Å². The van der Waals surface area contributed by atoms with Gasteiger partial charge < -0.3 is 10.2 Å². The normalized spacial score (nSPS) is 15.4. The molecule has 2 N–H and O–H groups in total. The smallest absolute Gasteiger partial charge is 0.340 e. The third-order valence-corrected chi connectivity index (χ3v) is 6.78. The molecule has 0 spiro atoms. The van der Waals surface area contributed by atoms with Gasteiger partial charge in [0.2, 0.25) is 5.78 Å². The van der Waals surface area contributed by atoms with Gasteiger partial charge in [0.1, 0.15) is 11.9 Å². The van der Waals surface area contributed by atoms with Crippen LogP contribution in [0.4, 0.5) is 0 Å². The Hall–Kier alpha value is -3.88. The van der Waals surface area contributed by atoms with Gasteiger partial charge in [-0.15, -0.1) is 0 Å². The molecule has 1 aliphatic heterocycles. The fourth-order valence-electron chi connectivity index (χ4n) is 4.72. The summed E-state index contributed by atoms with van der Waals surface area (Å²) in [7, 11) is 1.39. The summed E-state index contributed by atoms with van der Waals surface area (Å²) in [6.07, 6.45) is 1.68. The number of nitrogens with zero attached hydrogens (tertiary/aromatic N) is 2. The van der Waals surface area contributed by atoms with E-state index >= 15 is 0 Å². The van der Waals surface area contributed by atoms with Crippen LogP contribution in [0.5, 0.6) is 0 Å². The number of hydrogen-bond acceptors (Lipinski definition) is 6. The molecular weight excluding hydrogens is 472 g/mol. The maximum atomic E-state index is 12.6. The quantitative estimate of drug-likeness (QED) is 0.292. The average Bonchev–Trinajstić information content (AvgIpc) is 3.44. The Morgan fingerprint density at radius 3 is 2.53 bits per heavy atom. The van der Waals surface area contributed by atoms with Gasteiger partial charge >= 0.3 is 5.97 Å². The Kier molecular flexibility index (Phi) is 6.38. The summed E-state index contributed by atoms with van der Waals surface area (Å²) < 4.78 is 7.13. The molecule has 182 valence electrons. The molecule has 0 radical (unpaired) electrons. The minimum Gasteiger partial charge on any atom is -0.465 e. The zero-order valence-corrected chi connectivity index (χ0v) is 21.1. The SMILES string of the molecule is CCCc1nc2c(C)ccc(C(=O)OC)c2n1-c1ccc(-c2ccccc2C2NNC(=S)C2=O)cc1. The summed E-state index contributed by atoms with van der Waals surface area (Å²) >= 11 is 5.10. The first-order valence-electron chi connectivity index (χ1n) is 11.8. The molecule has 0 amide bonds. The highest BCUT2D eigenvalue weighted by Crippen LogP contribution is 2.33. The Morgan fingerprint density at radius 1 is 1.11 bits per heavy atom. The molecule has 8 heteroatoms. The first kappa shape index (κ1) is 23.8. The second-order valence-corrected chi connectivity index (χ2v) is 9.17. The van der Waals surface area contributed by atoms with Gasteiger partial charge in [-0.3, -0.25) is 9.36 Å². The summed E-state index contributed by atoms with van der Waals surface area (Å²) in [5.41, 5.74) is 12.4. The van der Waals surface area contributed by atoms with E-state index < -0.39 is 12.0 Å². The van der Waals surface area contributed by atoms with Gasteiger partial charge in [-0.2, -0.15) is 0 Å². The highest BCUT2D eigenvalue weighted by atomic mass is 32.1. The Bertz CT molecular complexity index is 1510. The van der Waals surface area contributed by atoms with Crippen LogP contribution in [0.15, 0.2) is 60.7 Å². The van der Waals surface area contributed by atoms with Gasteiger partial charge in [0, 0.05) is 12.1 Å². The number of Topliss-reactive ketones (excluding diaryl/α,β-unsaturated/α-hetero) is 1. The predicted octanol–water partition coefficient (Wildman–Crippen LogP) is 4.79. The standard InChI is InChI=1S/C28H26N4O3S/c1-4-7-22-29-23-16(2)10-15-21(28(34)35-3)25(23)32(22)18-13-11-17(12-14-18)19-8-5-6-9-20(19)24-26(33)27(36)31-30-24/h5-6,8-15,24,30H,4,7H2,1-3H3,(H,31,36). The van der Waals surface area contributed by atoms with Gasteiger partial charge in [-0.1, -0.05) is 61.6 Å². The zero-order chi connectivity index (χ0) is 25.4. The lowest BCUT2D eigenvalue weighted by Gasteiger charge is -2.15. The summed E-state index contributed by atoms with van der Waals surface area (Å²) in [5, 5.41) is 0. The van der Waals surface area contributed by atoms with E-state index in [4.69, 9.17) is 21.9 Å². The van der Waals surface area contributed by atoms with Crippen molar-refractivity contribution in [2.45, 2.75) is 32.7 Å². The van der Waals surface area contributed by atoms with E-state index in [1.54, 1.807) is 6.07 Å². The molecule has 1 atom stereocenters. The van der Waals surface area contributed by atoms with E-state index in [2.05, 4.69) is 22.3 Å². The minimum absolute atomic E-state index is 0.145. The predicted molar refractivity (Wildman–Crippen MR) is 143 cm³/mol. The first-order valence-corrected chi connectivity index (χ1v) is 12.2. The number of aromatic nitrogens is 2. The highest BCUT2D eigenvalue weighted by Gasteiger charge is 2.32. The summed E-state index contributed by atoms with van der Waals surface area (Å²) in [4.78, 5) is 30.3. The first-order chi connectivity index (χ1) is 17.4. The van der Waals surface area contributed by atoms with Crippen LogP contribution in [0.25, 0.3) is 27.8 Å². The number of nitrogens with one attached hydrogen (secondary N) is 2. The Labute approximate surface area is 214 Å². The number of imidazole rings is 1. The fraction of sp³-hybridized carbons (Fsp3) is 0.214.